The van der Waals surface area contributed by atoms with Gasteiger partial charge in [0.1, 0.15) is 0 Å². The summed E-state index contributed by atoms with van der Waals surface area (Å²) in [6.45, 7) is 6.18. The standard InChI is InChI=1S/C13H25NO5/c1-4-5-6-7-8-18-13(17)14-19-11(12(15)16)9-10(2)3/h10-11H,4-9H2,1-3H3,(H,14,17)(H,15,16)/t11-/m0/s1. The Morgan fingerprint density at radius 1 is 1.21 bits per heavy atom. The maximum Gasteiger partial charge on any atom is 0.431 e. The highest BCUT2D eigenvalue weighted by Crippen LogP contribution is 2.07. The predicted octanol–water partition coefficient (Wildman–Crippen LogP) is 2.72. The number of unbranched alkanes of at least 4 members (excludes halogenated alkanes) is 3. The van der Waals surface area contributed by atoms with Crippen LogP contribution in [0.1, 0.15) is 52.9 Å². The van der Waals surface area contributed by atoms with Crippen molar-refractivity contribution < 1.29 is 24.3 Å². The minimum absolute atomic E-state index is 0.160. The fourth-order valence-corrected chi connectivity index (χ4v) is 1.47. The summed E-state index contributed by atoms with van der Waals surface area (Å²) in [4.78, 5) is 26.9. The van der Waals surface area contributed by atoms with E-state index in [1.165, 1.54) is 0 Å². The lowest BCUT2D eigenvalue weighted by molar-refractivity contribution is -0.155. The molecule has 0 aromatic rings. The molecule has 0 aliphatic rings. The summed E-state index contributed by atoms with van der Waals surface area (Å²) >= 11 is 0. The molecular formula is C13H25NO5. The van der Waals surface area contributed by atoms with Gasteiger partial charge in [0.2, 0.25) is 0 Å². The van der Waals surface area contributed by atoms with Crippen LogP contribution in [0.4, 0.5) is 4.79 Å². The summed E-state index contributed by atoms with van der Waals surface area (Å²) in [5.74, 6) is -0.940. The molecule has 6 heteroatoms. The first kappa shape index (κ1) is 17.7. The summed E-state index contributed by atoms with van der Waals surface area (Å²) in [6.07, 6.45) is 2.57. The summed E-state index contributed by atoms with van der Waals surface area (Å²) < 4.78 is 4.86. The van der Waals surface area contributed by atoms with Gasteiger partial charge in [-0.2, -0.15) is 5.48 Å². The van der Waals surface area contributed by atoms with Crippen molar-refractivity contribution in [3.05, 3.63) is 0 Å². The maximum absolute atomic E-state index is 11.2. The van der Waals surface area contributed by atoms with Crippen LogP contribution in [-0.4, -0.2) is 29.9 Å². The normalized spacial score (nSPS) is 12.2. The van der Waals surface area contributed by atoms with Crippen molar-refractivity contribution in [2.75, 3.05) is 6.61 Å². The van der Waals surface area contributed by atoms with Gasteiger partial charge in [-0.1, -0.05) is 40.0 Å². The fraction of sp³-hybridized carbons (Fsp3) is 0.846. The molecule has 0 heterocycles. The third kappa shape index (κ3) is 10.3. The molecule has 19 heavy (non-hydrogen) atoms. The number of rotatable bonds is 10. The first-order valence-electron chi connectivity index (χ1n) is 6.78. The van der Waals surface area contributed by atoms with E-state index in [-0.39, 0.29) is 5.92 Å². The van der Waals surface area contributed by atoms with Gasteiger partial charge in [-0.05, 0) is 18.8 Å². The van der Waals surface area contributed by atoms with Crippen molar-refractivity contribution in [1.29, 1.82) is 0 Å². The summed E-state index contributed by atoms with van der Waals surface area (Å²) in [6, 6.07) is 0. The van der Waals surface area contributed by atoms with Gasteiger partial charge < -0.3 is 9.84 Å². The van der Waals surface area contributed by atoms with E-state index in [0.29, 0.717) is 13.0 Å². The zero-order valence-corrected chi connectivity index (χ0v) is 12.0. The molecule has 2 N–H and O–H groups in total. The van der Waals surface area contributed by atoms with Crippen LogP contribution in [0.2, 0.25) is 0 Å². The van der Waals surface area contributed by atoms with Gasteiger partial charge >= 0.3 is 12.1 Å². The molecule has 0 unspecified atom stereocenters. The molecule has 0 aromatic heterocycles. The number of amides is 1. The highest BCUT2D eigenvalue weighted by atomic mass is 16.7. The second-order valence-electron chi connectivity index (χ2n) is 4.87. The Labute approximate surface area is 114 Å². The maximum atomic E-state index is 11.2. The number of nitrogens with one attached hydrogen (secondary N) is 1. The Bertz CT molecular complexity index is 268. The Hall–Kier alpha value is -1.30. The number of aliphatic carboxylic acids is 1. The summed E-state index contributed by atoms with van der Waals surface area (Å²) in [7, 11) is 0. The average molecular weight is 275 g/mol. The SMILES string of the molecule is CCCCCCOC(=O)NO[C@@H](CC(C)C)C(=O)O. The molecule has 0 spiro atoms. The van der Waals surface area contributed by atoms with Crippen LogP contribution < -0.4 is 5.48 Å². The lowest BCUT2D eigenvalue weighted by Gasteiger charge is -2.15. The van der Waals surface area contributed by atoms with Gasteiger partial charge in [-0.25, -0.2) is 9.59 Å². The largest absolute Gasteiger partial charge is 0.479 e. The molecule has 0 aliphatic carbocycles. The van der Waals surface area contributed by atoms with Gasteiger partial charge in [0.15, 0.2) is 6.10 Å². The number of carboxylic acids is 1. The molecular weight excluding hydrogens is 250 g/mol. The Morgan fingerprint density at radius 2 is 1.89 bits per heavy atom. The Kier molecular flexibility index (Phi) is 9.88. The van der Waals surface area contributed by atoms with Crippen molar-refractivity contribution in [3.63, 3.8) is 0 Å². The second-order valence-corrected chi connectivity index (χ2v) is 4.87. The monoisotopic (exact) mass is 275 g/mol. The number of carbonyl (C=O) groups excluding carboxylic acids is 1. The van der Waals surface area contributed by atoms with Gasteiger partial charge in [-0.15, -0.1) is 0 Å². The van der Waals surface area contributed by atoms with Crippen LogP contribution in [0.25, 0.3) is 0 Å². The highest BCUT2D eigenvalue weighted by Gasteiger charge is 2.21. The van der Waals surface area contributed by atoms with Gasteiger partial charge in [0.25, 0.3) is 0 Å². The van der Waals surface area contributed by atoms with Crippen LogP contribution in [0.3, 0.4) is 0 Å². The van der Waals surface area contributed by atoms with Crippen molar-refractivity contribution in [1.82, 2.24) is 5.48 Å². The van der Waals surface area contributed by atoms with E-state index in [1.807, 2.05) is 19.3 Å². The van der Waals surface area contributed by atoms with Gasteiger partial charge in [0, 0.05) is 0 Å². The predicted molar refractivity (Wildman–Crippen MR) is 70.6 cm³/mol. The number of hydrogen-bond acceptors (Lipinski definition) is 4. The minimum atomic E-state index is -1.10. The molecule has 0 saturated heterocycles. The quantitative estimate of drug-likeness (QED) is 0.473. The summed E-state index contributed by atoms with van der Waals surface area (Å²) in [5.41, 5.74) is 2.02. The molecule has 112 valence electrons. The zero-order chi connectivity index (χ0) is 14.7. The lowest BCUT2D eigenvalue weighted by Crippen LogP contribution is -2.35. The summed E-state index contributed by atoms with van der Waals surface area (Å²) in [5, 5.41) is 8.89. The highest BCUT2D eigenvalue weighted by molar-refractivity contribution is 5.73. The molecule has 6 nitrogen and oxygen atoms in total. The van der Waals surface area contributed by atoms with Crippen molar-refractivity contribution in [2.45, 2.75) is 59.0 Å². The molecule has 0 bridgehead atoms. The molecule has 0 radical (unpaired) electrons. The second kappa shape index (κ2) is 10.6. The topological polar surface area (TPSA) is 84.9 Å². The molecule has 0 fully saturated rings. The van der Waals surface area contributed by atoms with Gasteiger partial charge in [0.05, 0.1) is 6.61 Å². The van der Waals surface area contributed by atoms with E-state index >= 15 is 0 Å². The third-order valence-electron chi connectivity index (χ3n) is 2.48. The molecule has 1 amide bonds. The van der Waals surface area contributed by atoms with E-state index in [1.54, 1.807) is 0 Å². The van der Waals surface area contributed by atoms with Crippen molar-refractivity contribution >= 4 is 12.1 Å². The average Bonchev–Trinajstić information content (AvgIpc) is 2.33. The van der Waals surface area contributed by atoms with E-state index < -0.39 is 18.2 Å². The van der Waals surface area contributed by atoms with Crippen LogP contribution >= 0.6 is 0 Å². The molecule has 0 aliphatic heterocycles. The van der Waals surface area contributed by atoms with Gasteiger partial charge in [-0.3, -0.25) is 4.84 Å². The Balaban J connectivity index is 3.76. The fourth-order valence-electron chi connectivity index (χ4n) is 1.47. The van der Waals surface area contributed by atoms with Crippen molar-refractivity contribution in [3.8, 4) is 0 Å². The van der Waals surface area contributed by atoms with Crippen LogP contribution in [0.5, 0.6) is 0 Å². The third-order valence-corrected chi connectivity index (χ3v) is 2.48. The smallest absolute Gasteiger partial charge is 0.431 e. The van der Waals surface area contributed by atoms with E-state index in [2.05, 4.69) is 6.92 Å². The number of hydrogen-bond donors (Lipinski definition) is 2. The first-order chi connectivity index (χ1) is 8.97. The Morgan fingerprint density at radius 3 is 2.42 bits per heavy atom. The molecule has 0 rings (SSSR count). The molecule has 0 aromatic carbocycles. The van der Waals surface area contributed by atoms with E-state index in [4.69, 9.17) is 14.7 Å². The molecule has 1 atom stereocenters. The minimum Gasteiger partial charge on any atom is -0.479 e. The first-order valence-corrected chi connectivity index (χ1v) is 6.78. The molecule has 0 saturated carbocycles. The number of ether oxygens (including phenoxy) is 1. The van der Waals surface area contributed by atoms with E-state index in [0.717, 1.165) is 25.7 Å². The van der Waals surface area contributed by atoms with Crippen LogP contribution in [-0.2, 0) is 14.4 Å². The van der Waals surface area contributed by atoms with Crippen molar-refractivity contribution in [2.24, 2.45) is 5.92 Å². The number of hydroxylamine groups is 1. The lowest BCUT2D eigenvalue weighted by atomic mass is 10.1. The zero-order valence-electron chi connectivity index (χ0n) is 12.0. The van der Waals surface area contributed by atoms with E-state index in [9.17, 15) is 9.59 Å². The van der Waals surface area contributed by atoms with Crippen LogP contribution in [0, 0.1) is 5.92 Å². The number of carboxylic acid groups (broad SMARTS) is 1. The van der Waals surface area contributed by atoms with Crippen LogP contribution in [0.15, 0.2) is 0 Å². The number of carbonyl (C=O) groups is 2.